The third-order valence-electron chi connectivity index (χ3n) is 3.86. The number of nitrogens with zero attached hydrogens (tertiary/aromatic N) is 1. The van der Waals surface area contributed by atoms with Crippen molar-refractivity contribution in [2.75, 3.05) is 32.1 Å². The number of hydrogen-bond donors (Lipinski definition) is 2. The molecule has 5 nitrogen and oxygen atoms in total. The molecule has 0 radical (unpaired) electrons. The van der Waals surface area contributed by atoms with E-state index in [1.807, 2.05) is 0 Å². The summed E-state index contributed by atoms with van der Waals surface area (Å²) in [6, 6.07) is 5.38. The van der Waals surface area contributed by atoms with Crippen LogP contribution in [0.25, 0.3) is 0 Å². The number of rotatable bonds is 4. The van der Waals surface area contributed by atoms with Crippen molar-refractivity contribution < 1.29 is 9.53 Å². The largest absolute Gasteiger partial charge is 0.495 e. The molecule has 1 amide bonds. The molecule has 2 atom stereocenters. The van der Waals surface area contributed by atoms with Crippen molar-refractivity contribution in [1.29, 1.82) is 0 Å². The smallest absolute Gasteiger partial charge is 0.238 e. The molecule has 116 valence electrons. The van der Waals surface area contributed by atoms with E-state index in [0.29, 0.717) is 28.9 Å². The summed E-state index contributed by atoms with van der Waals surface area (Å²) in [4.78, 5) is 14.3. The second kappa shape index (κ2) is 7.11. The summed E-state index contributed by atoms with van der Waals surface area (Å²) in [7, 11) is 1.56. The van der Waals surface area contributed by atoms with E-state index in [4.69, 9.17) is 22.1 Å². The Balaban J connectivity index is 1.94. The number of anilines is 1. The van der Waals surface area contributed by atoms with Gasteiger partial charge < -0.3 is 15.8 Å². The Bertz CT molecular complexity index is 510. The SMILES string of the molecule is COc1ccc(Cl)cc1NC(=O)CN1CCC(N)C(C)C1. The van der Waals surface area contributed by atoms with Crippen LogP contribution in [0, 0.1) is 5.92 Å². The van der Waals surface area contributed by atoms with E-state index in [1.165, 1.54) is 0 Å². The Hall–Kier alpha value is -1.30. The highest BCUT2D eigenvalue weighted by atomic mass is 35.5. The summed E-state index contributed by atoms with van der Waals surface area (Å²) in [5.41, 5.74) is 6.59. The van der Waals surface area contributed by atoms with Crippen molar-refractivity contribution in [3.8, 4) is 5.75 Å². The number of piperidine rings is 1. The predicted octanol–water partition coefficient (Wildman–Crippen LogP) is 1.96. The highest BCUT2D eigenvalue weighted by Crippen LogP contribution is 2.27. The molecule has 1 aromatic rings. The number of carbonyl (C=O) groups is 1. The fraction of sp³-hybridized carbons (Fsp3) is 0.533. The molecule has 21 heavy (non-hydrogen) atoms. The fourth-order valence-electron chi connectivity index (χ4n) is 2.56. The van der Waals surface area contributed by atoms with Gasteiger partial charge in [-0.3, -0.25) is 9.69 Å². The number of carbonyl (C=O) groups excluding carboxylic acids is 1. The number of nitrogens with one attached hydrogen (secondary N) is 1. The van der Waals surface area contributed by atoms with Crippen molar-refractivity contribution in [1.82, 2.24) is 4.90 Å². The van der Waals surface area contributed by atoms with Crippen LogP contribution in [0.3, 0.4) is 0 Å². The molecule has 1 aliphatic rings. The van der Waals surface area contributed by atoms with Crippen molar-refractivity contribution in [3.05, 3.63) is 23.2 Å². The first-order valence-corrected chi connectivity index (χ1v) is 7.48. The van der Waals surface area contributed by atoms with E-state index in [-0.39, 0.29) is 11.9 Å². The van der Waals surface area contributed by atoms with Crippen molar-refractivity contribution in [3.63, 3.8) is 0 Å². The van der Waals surface area contributed by atoms with Gasteiger partial charge in [0.1, 0.15) is 5.75 Å². The van der Waals surface area contributed by atoms with Crippen LogP contribution in [0.2, 0.25) is 5.02 Å². The first kappa shape index (κ1) is 16.1. The van der Waals surface area contributed by atoms with Crippen LogP contribution >= 0.6 is 11.6 Å². The minimum atomic E-state index is -0.0711. The molecule has 3 N–H and O–H groups in total. The molecule has 1 aliphatic heterocycles. The lowest BCUT2D eigenvalue weighted by Gasteiger charge is -2.34. The maximum atomic E-state index is 12.2. The van der Waals surface area contributed by atoms with Crippen LogP contribution in [0.15, 0.2) is 18.2 Å². The molecule has 0 aliphatic carbocycles. The Morgan fingerprint density at radius 3 is 3.00 bits per heavy atom. The van der Waals surface area contributed by atoms with Crippen LogP contribution in [-0.2, 0) is 4.79 Å². The summed E-state index contributed by atoms with van der Waals surface area (Å²) in [6.45, 7) is 4.17. The molecule has 1 fully saturated rings. The topological polar surface area (TPSA) is 67.6 Å². The Morgan fingerprint density at radius 2 is 2.33 bits per heavy atom. The second-order valence-electron chi connectivity index (χ2n) is 5.56. The number of halogens is 1. The maximum Gasteiger partial charge on any atom is 0.238 e. The summed E-state index contributed by atoms with van der Waals surface area (Å²) in [6.07, 6.45) is 0.926. The standard InChI is InChI=1S/C15H22ClN3O2/c1-10-8-19(6-5-12(10)17)9-15(20)18-13-7-11(16)3-4-14(13)21-2/h3-4,7,10,12H,5-6,8-9,17H2,1-2H3,(H,18,20). The molecule has 6 heteroatoms. The summed E-state index contributed by atoms with van der Waals surface area (Å²) in [5.74, 6) is 0.937. The lowest BCUT2D eigenvalue weighted by atomic mass is 9.95. The maximum absolute atomic E-state index is 12.2. The molecule has 1 heterocycles. The van der Waals surface area contributed by atoms with Gasteiger partial charge in [-0.15, -0.1) is 0 Å². The van der Waals surface area contributed by atoms with Gasteiger partial charge in [-0.1, -0.05) is 18.5 Å². The average Bonchev–Trinajstić information content (AvgIpc) is 2.43. The van der Waals surface area contributed by atoms with Gasteiger partial charge in [0.15, 0.2) is 0 Å². The number of methoxy groups -OCH3 is 1. The predicted molar refractivity (Wildman–Crippen MR) is 84.8 cm³/mol. The Labute approximate surface area is 130 Å². The monoisotopic (exact) mass is 311 g/mol. The van der Waals surface area contributed by atoms with Crippen LogP contribution < -0.4 is 15.8 Å². The fourth-order valence-corrected chi connectivity index (χ4v) is 2.74. The van der Waals surface area contributed by atoms with Gasteiger partial charge in [0.25, 0.3) is 0 Å². The normalized spacial score (nSPS) is 22.9. The Kier molecular flexibility index (Phi) is 5.45. The van der Waals surface area contributed by atoms with Crippen LogP contribution in [0.4, 0.5) is 5.69 Å². The van der Waals surface area contributed by atoms with Crippen LogP contribution in [0.5, 0.6) is 5.75 Å². The number of likely N-dealkylation sites (tertiary alicyclic amines) is 1. The third kappa shape index (κ3) is 4.33. The van der Waals surface area contributed by atoms with E-state index in [2.05, 4.69) is 17.1 Å². The minimum Gasteiger partial charge on any atom is -0.495 e. The molecule has 0 bridgehead atoms. The highest BCUT2D eigenvalue weighted by Gasteiger charge is 2.24. The third-order valence-corrected chi connectivity index (χ3v) is 4.09. The zero-order valence-electron chi connectivity index (χ0n) is 12.4. The molecule has 0 aromatic heterocycles. The molecule has 0 spiro atoms. The molecule has 0 saturated carbocycles. The first-order valence-electron chi connectivity index (χ1n) is 7.11. The average molecular weight is 312 g/mol. The molecule has 1 saturated heterocycles. The van der Waals surface area contributed by atoms with E-state index >= 15 is 0 Å². The van der Waals surface area contributed by atoms with E-state index in [1.54, 1.807) is 25.3 Å². The zero-order valence-corrected chi connectivity index (χ0v) is 13.2. The zero-order chi connectivity index (χ0) is 15.4. The molecule has 1 aromatic carbocycles. The van der Waals surface area contributed by atoms with Gasteiger partial charge in [0, 0.05) is 24.2 Å². The van der Waals surface area contributed by atoms with Crippen LogP contribution in [-0.4, -0.2) is 43.6 Å². The van der Waals surface area contributed by atoms with E-state index < -0.39 is 0 Å². The van der Waals surface area contributed by atoms with E-state index in [0.717, 1.165) is 19.5 Å². The summed E-state index contributed by atoms with van der Waals surface area (Å²) in [5, 5.41) is 3.41. The summed E-state index contributed by atoms with van der Waals surface area (Å²) >= 11 is 5.95. The number of hydrogen-bond acceptors (Lipinski definition) is 4. The number of benzene rings is 1. The molecular formula is C15H22ClN3O2. The minimum absolute atomic E-state index is 0.0711. The number of ether oxygens (including phenoxy) is 1. The van der Waals surface area contributed by atoms with Gasteiger partial charge >= 0.3 is 0 Å². The van der Waals surface area contributed by atoms with Crippen LogP contribution in [0.1, 0.15) is 13.3 Å². The van der Waals surface area contributed by atoms with E-state index in [9.17, 15) is 4.79 Å². The Morgan fingerprint density at radius 1 is 1.57 bits per heavy atom. The highest BCUT2D eigenvalue weighted by molar-refractivity contribution is 6.31. The van der Waals surface area contributed by atoms with Crippen molar-refractivity contribution in [2.45, 2.75) is 19.4 Å². The van der Waals surface area contributed by atoms with Gasteiger partial charge in [-0.25, -0.2) is 0 Å². The molecule has 2 rings (SSSR count). The lowest BCUT2D eigenvalue weighted by molar-refractivity contribution is -0.117. The summed E-state index contributed by atoms with van der Waals surface area (Å²) < 4.78 is 5.22. The van der Waals surface area contributed by atoms with Gasteiger partial charge in [0.2, 0.25) is 5.91 Å². The second-order valence-corrected chi connectivity index (χ2v) is 5.99. The van der Waals surface area contributed by atoms with Crippen molar-refractivity contribution >= 4 is 23.2 Å². The van der Waals surface area contributed by atoms with Gasteiger partial charge in [-0.05, 0) is 30.5 Å². The first-order chi connectivity index (χ1) is 9.99. The lowest BCUT2D eigenvalue weighted by Crippen LogP contribution is -2.48. The quantitative estimate of drug-likeness (QED) is 0.892. The number of amides is 1. The van der Waals surface area contributed by atoms with Gasteiger partial charge in [-0.2, -0.15) is 0 Å². The molecular weight excluding hydrogens is 290 g/mol. The van der Waals surface area contributed by atoms with Crippen molar-refractivity contribution in [2.24, 2.45) is 11.7 Å². The number of nitrogens with two attached hydrogens (primary N) is 1. The van der Waals surface area contributed by atoms with Gasteiger partial charge in [0.05, 0.1) is 19.3 Å². The molecule has 2 unspecified atom stereocenters.